The number of aromatic nitrogens is 2. The number of carbonyl (C=O) groups is 1. The van der Waals surface area contributed by atoms with Crippen molar-refractivity contribution >= 4 is 17.7 Å². The van der Waals surface area contributed by atoms with Gasteiger partial charge in [-0.05, 0) is 45.7 Å². The highest BCUT2D eigenvalue weighted by Gasteiger charge is 2.16. The molecule has 0 radical (unpaired) electrons. The average Bonchev–Trinajstić information content (AvgIpc) is 2.39. The van der Waals surface area contributed by atoms with Gasteiger partial charge in [-0.3, -0.25) is 4.79 Å². The van der Waals surface area contributed by atoms with Gasteiger partial charge in [0.2, 0.25) is 0 Å². The quantitative estimate of drug-likeness (QED) is 0.566. The van der Waals surface area contributed by atoms with Crippen molar-refractivity contribution in [3.05, 3.63) is 17.0 Å². The SMILES string of the molecule is CCCNC(CCSc1nc(C)c(C)c(C)n1)C(=O)O. The zero-order valence-corrected chi connectivity index (χ0v) is 13.4. The molecule has 0 fully saturated rings. The van der Waals surface area contributed by atoms with E-state index < -0.39 is 12.0 Å². The number of hydrogen-bond acceptors (Lipinski definition) is 5. The van der Waals surface area contributed by atoms with Gasteiger partial charge in [-0.1, -0.05) is 18.7 Å². The third-order valence-electron chi connectivity index (χ3n) is 3.19. The van der Waals surface area contributed by atoms with Gasteiger partial charge in [0.1, 0.15) is 6.04 Å². The molecule has 1 atom stereocenters. The number of rotatable bonds is 8. The lowest BCUT2D eigenvalue weighted by atomic mass is 10.2. The number of carboxylic acid groups (broad SMARTS) is 1. The van der Waals surface area contributed by atoms with E-state index in [1.807, 2.05) is 27.7 Å². The van der Waals surface area contributed by atoms with Gasteiger partial charge in [0, 0.05) is 17.1 Å². The first kappa shape index (κ1) is 16.9. The van der Waals surface area contributed by atoms with Crippen LogP contribution in [0.2, 0.25) is 0 Å². The second-order valence-electron chi connectivity index (χ2n) is 4.78. The van der Waals surface area contributed by atoms with Gasteiger partial charge < -0.3 is 10.4 Å². The molecular formula is C14H23N3O2S. The van der Waals surface area contributed by atoms with Crippen LogP contribution in [0.1, 0.15) is 36.7 Å². The molecule has 1 aromatic heterocycles. The number of nitrogens with zero attached hydrogens (tertiary/aromatic N) is 2. The Balaban J connectivity index is 2.52. The third-order valence-corrected chi connectivity index (χ3v) is 4.07. The molecule has 0 aliphatic rings. The summed E-state index contributed by atoms with van der Waals surface area (Å²) in [5.74, 6) is -0.105. The normalized spacial score (nSPS) is 12.4. The summed E-state index contributed by atoms with van der Waals surface area (Å²) in [5.41, 5.74) is 3.08. The Morgan fingerprint density at radius 2 is 1.90 bits per heavy atom. The summed E-state index contributed by atoms with van der Waals surface area (Å²) in [7, 11) is 0. The van der Waals surface area contributed by atoms with E-state index in [-0.39, 0.29) is 0 Å². The Morgan fingerprint density at radius 3 is 2.40 bits per heavy atom. The maximum Gasteiger partial charge on any atom is 0.320 e. The molecule has 0 aromatic carbocycles. The van der Waals surface area contributed by atoms with Crippen LogP contribution in [-0.4, -0.2) is 39.4 Å². The minimum atomic E-state index is -0.795. The standard InChI is InChI=1S/C14H23N3O2S/c1-5-7-15-12(13(18)19)6-8-20-14-16-10(3)9(2)11(4)17-14/h12,15H,5-8H2,1-4H3,(H,18,19). The van der Waals surface area contributed by atoms with E-state index >= 15 is 0 Å². The highest BCUT2D eigenvalue weighted by molar-refractivity contribution is 7.99. The number of thioether (sulfide) groups is 1. The Morgan fingerprint density at radius 1 is 1.30 bits per heavy atom. The van der Waals surface area contributed by atoms with Crippen LogP contribution >= 0.6 is 11.8 Å². The molecule has 0 saturated heterocycles. The molecule has 1 rings (SSSR count). The molecule has 20 heavy (non-hydrogen) atoms. The molecule has 2 N–H and O–H groups in total. The Bertz CT molecular complexity index is 443. The van der Waals surface area contributed by atoms with E-state index in [1.165, 1.54) is 11.8 Å². The van der Waals surface area contributed by atoms with Crippen LogP contribution in [-0.2, 0) is 4.79 Å². The molecule has 112 valence electrons. The Hall–Kier alpha value is -1.14. The first-order chi connectivity index (χ1) is 9.45. The Kier molecular flexibility index (Phi) is 6.95. The van der Waals surface area contributed by atoms with Gasteiger partial charge in [0.05, 0.1) is 0 Å². The van der Waals surface area contributed by atoms with Gasteiger partial charge in [0.15, 0.2) is 5.16 Å². The fourth-order valence-corrected chi connectivity index (χ4v) is 2.64. The summed E-state index contributed by atoms with van der Waals surface area (Å²) in [5, 5.41) is 12.9. The molecule has 5 nitrogen and oxygen atoms in total. The molecule has 0 aliphatic heterocycles. The molecule has 0 amide bonds. The minimum absolute atomic E-state index is 0.491. The van der Waals surface area contributed by atoms with Crippen molar-refractivity contribution < 1.29 is 9.90 Å². The summed E-state index contributed by atoms with van der Waals surface area (Å²) >= 11 is 1.51. The molecule has 1 aromatic rings. The topological polar surface area (TPSA) is 75.1 Å². The monoisotopic (exact) mass is 297 g/mol. The first-order valence-electron chi connectivity index (χ1n) is 6.86. The van der Waals surface area contributed by atoms with E-state index in [4.69, 9.17) is 5.11 Å². The first-order valence-corrected chi connectivity index (χ1v) is 7.85. The molecule has 0 aliphatic carbocycles. The number of hydrogen-bond donors (Lipinski definition) is 2. The van der Waals surface area contributed by atoms with Crippen LogP contribution in [0.4, 0.5) is 0 Å². The number of aryl methyl sites for hydroxylation is 2. The number of carboxylic acids is 1. The smallest absolute Gasteiger partial charge is 0.320 e. The second kappa shape index (κ2) is 8.21. The fraction of sp³-hybridized carbons (Fsp3) is 0.643. The lowest BCUT2D eigenvalue weighted by Crippen LogP contribution is -2.37. The van der Waals surface area contributed by atoms with Crippen molar-refractivity contribution in [2.45, 2.75) is 51.7 Å². The van der Waals surface area contributed by atoms with Gasteiger partial charge in [0.25, 0.3) is 0 Å². The van der Waals surface area contributed by atoms with Crippen LogP contribution in [0.5, 0.6) is 0 Å². The highest BCUT2D eigenvalue weighted by atomic mass is 32.2. The maximum absolute atomic E-state index is 11.1. The van der Waals surface area contributed by atoms with Crippen LogP contribution in [0.15, 0.2) is 5.16 Å². The van der Waals surface area contributed by atoms with E-state index in [0.29, 0.717) is 12.2 Å². The van der Waals surface area contributed by atoms with E-state index in [1.54, 1.807) is 0 Å². The Labute approximate surface area is 124 Å². The van der Waals surface area contributed by atoms with E-state index in [9.17, 15) is 4.79 Å². The number of aliphatic carboxylic acids is 1. The van der Waals surface area contributed by atoms with Crippen molar-refractivity contribution in [2.24, 2.45) is 0 Å². The van der Waals surface area contributed by atoms with Crippen LogP contribution in [0.25, 0.3) is 0 Å². The summed E-state index contributed by atoms with van der Waals surface area (Å²) in [6, 6.07) is -0.491. The molecule has 6 heteroatoms. The van der Waals surface area contributed by atoms with Crippen LogP contribution < -0.4 is 5.32 Å². The number of nitrogens with one attached hydrogen (secondary N) is 1. The van der Waals surface area contributed by atoms with Crippen LogP contribution in [0, 0.1) is 20.8 Å². The van der Waals surface area contributed by atoms with Crippen molar-refractivity contribution in [2.75, 3.05) is 12.3 Å². The zero-order chi connectivity index (χ0) is 15.1. The maximum atomic E-state index is 11.1. The predicted molar refractivity (Wildman–Crippen MR) is 81.3 cm³/mol. The van der Waals surface area contributed by atoms with Crippen molar-refractivity contribution in [1.29, 1.82) is 0 Å². The molecular weight excluding hydrogens is 274 g/mol. The molecule has 0 bridgehead atoms. The van der Waals surface area contributed by atoms with Crippen molar-refractivity contribution in [3.8, 4) is 0 Å². The molecule has 0 saturated carbocycles. The lowest BCUT2D eigenvalue weighted by Gasteiger charge is -2.13. The van der Waals surface area contributed by atoms with Crippen molar-refractivity contribution in [3.63, 3.8) is 0 Å². The summed E-state index contributed by atoms with van der Waals surface area (Å²) in [6.07, 6.45) is 1.49. The van der Waals surface area contributed by atoms with E-state index in [2.05, 4.69) is 15.3 Å². The molecule has 1 heterocycles. The van der Waals surface area contributed by atoms with Crippen molar-refractivity contribution in [1.82, 2.24) is 15.3 Å². The molecule has 0 spiro atoms. The van der Waals surface area contributed by atoms with Gasteiger partial charge in [-0.15, -0.1) is 0 Å². The third kappa shape index (κ3) is 5.09. The fourth-order valence-electron chi connectivity index (χ4n) is 1.71. The average molecular weight is 297 g/mol. The molecule has 1 unspecified atom stereocenters. The largest absolute Gasteiger partial charge is 0.480 e. The van der Waals surface area contributed by atoms with E-state index in [0.717, 1.165) is 35.1 Å². The summed E-state index contributed by atoms with van der Waals surface area (Å²) in [6.45, 7) is 8.69. The predicted octanol–water partition coefficient (Wildman–Crippen LogP) is 2.34. The summed E-state index contributed by atoms with van der Waals surface area (Å²) in [4.78, 5) is 19.9. The van der Waals surface area contributed by atoms with Gasteiger partial charge in [-0.2, -0.15) is 0 Å². The lowest BCUT2D eigenvalue weighted by molar-refractivity contribution is -0.139. The second-order valence-corrected chi connectivity index (χ2v) is 5.85. The minimum Gasteiger partial charge on any atom is -0.480 e. The zero-order valence-electron chi connectivity index (χ0n) is 12.6. The van der Waals surface area contributed by atoms with Gasteiger partial charge >= 0.3 is 5.97 Å². The van der Waals surface area contributed by atoms with Gasteiger partial charge in [-0.25, -0.2) is 9.97 Å². The summed E-state index contributed by atoms with van der Waals surface area (Å²) < 4.78 is 0. The van der Waals surface area contributed by atoms with Crippen LogP contribution in [0.3, 0.4) is 0 Å². The highest BCUT2D eigenvalue weighted by Crippen LogP contribution is 2.18.